The van der Waals surface area contributed by atoms with E-state index in [1.54, 1.807) is 19.2 Å². The Morgan fingerprint density at radius 2 is 1.71 bits per heavy atom. The van der Waals surface area contributed by atoms with Crippen LogP contribution in [0.25, 0.3) is 0 Å². The van der Waals surface area contributed by atoms with Crippen molar-refractivity contribution < 1.29 is 28.5 Å². The molecule has 0 spiro atoms. The van der Waals surface area contributed by atoms with Crippen molar-refractivity contribution in [1.82, 2.24) is 10.2 Å². The molecule has 1 aliphatic heterocycles. The third kappa shape index (κ3) is 7.53. The maximum atomic E-state index is 12.6. The summed E-state index contributed by atoms with van der Waals surface area (Å²) in [5.41, 5.74) is 1.05. The van der Waals surface area contributed by atoms with Crippen molar-refractivity contribution in [2.45, 2.75) is 26.3 Å². The molecule has 2 aromatic carbocycles. The average molecular weight is 473 g/mol. The number of amides is 1. The number of benzene rings is 2. The third-order valence-electron chi connectivity index (χ3n) is 5.52. The van der Waals surface area contributed by atoms with Gasteiger partial charge in [-0.2, -0.15) is 0 Å². The molecule has 0 saturated carbocycles. The molecule has 0 radical (unpaired) electrons. The van der Waals surface area contributed by atoms with Gasteiger partial charge in [-0.15, -0.1) is 0 Å². The van der Waals surface area contributed by atoms with E-state index in [0.29, 0.717) is 50.2 Å². The molecule has 0 bridgehead atoms. The van der Waals surface area contributed by atoms with E-state index in [1.807, 2.05) is 37.3 Å². The highest BCUT2D eigenvalue weighted by atomic mass is 16.5. The molecule has 0 aliphatic carbocycles. The molecular formula is C26H36N2O6. The van der Waals surface area contributed by atoms with E-state index in [1.165, 1.54) is 0 Å². The smallest absolute Gasteiger partial charge is 0.258 e. The fourth-order valence-corrected chi connectivity index (χ4v) is 3.78. The number of methoxy groups -OCH3 is 1. The van der Waals surface area contributed by atoms with Crippen molar-refractivity contribution in [1.29, 1.82) is 0 Å². The number of rotatable bonds is 13. The van der Waals surface area contributed by atoms with Gasteiger partial charge in [-0.3, -0.25) is 9.69 Å². The normalized spacial score (nSPS) is 14.8. The molecular weight excluding hydrogens is 436 g/mol. The molecule has 8 nitrogen and oxygen atoms in total. The van der Waals surface area contributed by atoms with Crippen LogP contribution in [0.5, 0.6) is 23.0 Å². The summed E-state index contributed by atoms with van der Waals surface area (Å²) in [4.78, 5) is 14.9. The van der Waals surface area contributed by atoms with Crippen LogP contribution >= 0.6 is 0 Å². The molecule has 1 fully saturated rings. The van der Waals surface area contributed by atoms with Gasteiger partial charge in [0.2, 0.25) is 0 Å². The number of hydrogen-bond donors (Lipinski definition) is 1. The van der Waals surface area contributed by atoms with E-state index < -0.39 is 0 Å². The lowest BCUT2D eigenvalue weighted by molar-refractivity contribution is -0.123. The predicted octanol–water partition coefficient (Wildman–Crippen LogP) is 3.45. The molecule has 1 amide bonds. The Kier molecular flexibility index (Phi) is 10.3. The fourth-order valence-electron chi connectivity index (χ4n) is 3.78. The molecule has 34 heavy (non-hydrogen) atoms. The summed E-state index contributed by atoms with van der Waals surface area (Å²) in [6.07, 6.45) is 0.952. The summed E-state index contributed by atoms with van der Waals surface area (Å²) < 4.78 is 27.9. The van der Waals surface area contributed by atoms with Crippen molar-refractivity contribution in [3.05, 3.63) is 48.0 Å². The Morgan fingerprint density at radius 1 is 1.00 bits per heavy atom. The molecule has 1 aliphatic rings. The van der Waals surface area contributed by atoms with Gasteiger partial charge in [0.15, 0.2) is 18.1 Å². The Balaban J connectivity index is 1.60. The van der Waals surface area contributed by atoms with E-state index in [4.69, 9.17) is 23.7 Å². The van der Waals surface area contributed by atoms with E-state index in [9.17, 15) is 4.79 Å². The minimum atomic E-state index is -0.178. The van der Waals surface area contributed by atoms with Crippen LogP contribution in [0.1, 0.15) is 31.9 Å². The van der Waals surface area contributed by atoms with Gasteiger partial charge >= 0.3 is 0 Å². The topological polar surface area (TPSA) is 78.5 Å². The van der Waals surface area contributed by atoms with Crippen molar-refractivity contribution >= 4 is 5.91 Å². The number of nitrogens with one attached hydrogen (secondary N) is 1. The first kappa shape index (κ1) is 25.6. The molecule has 1 unspecified atom stereocenters. The lowest BCUT2D eigenvalue weighted by Gasteiger charge is -2.35. The quantitative estimate of drug-likeness (QED) is 0.478. The molecule has 3 rings (SSSR count). The number of hydrogen-bond acceptors (Lipinski definition) is 7. The largest absolute Gasteiger partial charge is 0.494 e. The fraction of sp³-hybridized carbons (Fsp3) is 0.500. The number of carbonyl (C=O) groups excluding carboxylic acids is 1. The van der Waals surface area contributed by atoms with Gasteiger partial charge in [-0.05, 0) is 55.3 Å². The van der Waals surface area contributed by atoms with Gasteiger partial charge < -0.3 is 29.0 Å². The third-order valence-corrected chi connectivity index (χ3v) is 5.52. The summed E-state index contributed by atoms with van der Waals surface area (Å²) in [6, 6.07) is 13.2. The Labute approximate surface area is 202 Å². The van der Waals surface area contributed by atoms with E-state index in [0.717, 1.165) is 30.8 Å². The summed E-state index contributed by atoms with van der Waals surface area (Å²) in [7, 11) is 1.63. The van der Waals surface area contributed by atoms with Crippen LogP contribution in [-0.2, 0) is 9.53 Å². The van der Waals surface area contributed by atoms with Crippen LogP contribution in [-0.4, -0.2) is 70.6 Å². The van der Waals surface area contributed by atoms with Crippen molar-refractivity contribution in [3.8, 4) is 23.0 Å². The molecule has 186 valence electrons. The predicted molar refractivity (Wildman–Crippen MR) is 130 cm³/mol. The molecule has 1 N–H and O–H groups in total. The zero-order chi connectivity index (χ0) is 24.2. The zero-order valence-corrected chi connectivity index (χ0v) is 20.4. The minimum Gasteiger partial charge on any atom is -0.494 e. The monoisotopic (exact) mass is 472 g/mol. The van der Waals surface area contributed by atoms with Crippen LogP contribution in [0.4, 0.5) is 0 Å². The lowest BCUT2D eigenvalue weighted by Crippen LogP contribution is -2.44. The second-order valence-electron chi connectivity index (χ2n) is 7.92. The zero-order valence-electron chi connectivity index (χ0n) is 20.4. The van der Waals surface area contributed by atoms with E-state index in [2.05, 4.69) is 17.1 Å². The van der Waals surface area contributed by atoms with E-state index >= 15 is 0 Å². The van der Waals surface area contributed by atoms with Gasteiger partial charge in [0, 0.05) is 19.6 Å². The lowest BCUT2D eigenvalue weighted by atomic mass is 10.0. The van der Waals surface area contributed by atoms with Gasteiger partial charge in [0.25, 0.3) is 5.91 Å². The van der Waals surface area contributed by atoms with Gasteiger partial charge in [-0.25, -0.2) is 0 Å². The van der Waals surface area contributed by atoms with Gasteiger partial charge in [0.1, 0.15) is 11.5 Å². The number of morpholine rings is 1. The summed E-state index contributed by atoms with van der Waals surface area (Å²) >= 11 is 0. The molecule has 1 saturated heterocycles. The molecule has 2 aromatic rings. The molecule has 1 atom stereocenters. The Bertz CT molecular complexity index is 883. The summed E-state index contributed by atoms with van der Waals surface area (Å²) in [6.45, 7) is 8.54. The standard InChI is InChI=1S/C26H36N2O6/c1-4-14-33-21-7-9-22(10-8-21)34-19-26(29)27-18-23(28-12-15-31-16-13-28)20-6-11-24(32-5-2)25(17-20)30-3/h6-11,17,23H,4-5,12-16,18-19H2,1-3H3,(H,27,29). The first-order chi connectivity index (χ1) is 16.6. The SMILES string of the molecule is CCCOc1ccc(OCC(=O)NCC(c2ccc(OCC)c(OC)c2)N2CCOCC2)cc1. The Hall–Kier alpha value is -2.97. The van der Waals surface area contributed by atoms with Crippen molar-refractivity contribution in [2.24, 2.45) is 0 Å². The van der Waals surface area contributed by atoms with E-state index in [-0.39, 0.29) is 18.6 Å². The highest BCUT2D eigenvalue weighted by Crippen LogP contribution is 2.32. The molecule has 8 heteroatoms. The number of nitrogens with zero attached hydrogens (tertiary/aromatic N) is 1. The van der Waals surface area contributed by atoms with Crippen LogP contribution in [0.15, 0.2) is 42.5 Å². The van der Waals surface area contributed by atoms with Crippen molar-refractivity contribution in [2.75, 3.05) is 59.8 Å². The number of ether oxygens (including phenoxy) is 5. The highest BCUT2D eigenvalue weighted by molar-refractivity contribution is 5.77. The minimum absolute atomic E-state index is 0.0209. The second-order valence-corrected chi connectivity index (χ2v) is 7.92. The van der Waals surface area contributed by atoms with Crippen LogP contribution in [0.2, 0.25) is 0 Å². The maximum absolute atomic E-state index is 12.6. The van der Waals surface area contributed by atoms with Crippen molar-refractivity contribution in [3.63, 3.8) is 0 Å². The average Bonchev–Trinajstić information content (AvgIpc) is 2.88. The van der Waals surface area contributed by atoms with Gasteiger partial charge in [-0.1, -0.05) is 13.0 Å². The Morgan fingerprint density at radius 3 is 2.35 bits per heavy atom. The first-order valence-electron chi connectivity index (χ1n) is 11.9. The number of carbonyl (C=O) groups is 1. The van der Waals surface area contributed by atoms with Crippen LogP contribution in [0.3, 0.4) is 0 Å². The maximum Gasteiger partial charge on any atom is 0.258 e. The highest BCUT2D eigenvalue weighted by Gasteiger charge is 2.24. The summed E-state index contributed by atoms with van der Waals surface area (Å²) in [5, 5.41) is 3.02. The second kappa shape index (κ2) is 13.7. The van der Waals surface area contributed by atoms with Gasteiger partial charge in [0.05, 0.1) is 39.6 Å². The van der Waals surface area contributed by atoms with Crippen LogP contribution in [0, 0.1) is 0 Å². The van der Waals surface area contributed by atoms with Crippen LogP contribution < -0.4 is 24.3 Å². The molecule has 0 aromatic heterocycles. The summed E-state index contributed by atoms with van der Waals surface area (Å²) in [5.74, 6) is 2.62. The first-order valence-corrected chi connectivity index (χ1v) is 11.9. The molecule has 1 heterocycles.